The standard InChI is InChI=1S/C13H18N2O.C10H13NO2.C4H10/c1-5-11(3)14-15-12(4)16-13-8-6-10(2)7-9-13;1-3-10-5-4-9(6-8(10)2)7-11(12)13;1-3-4-2/h6-9H,5H2,1-4H3;4-6H,3,7H2,1-2H3;3-4H2,1-2H3/b14-11+,15-12+;;. The maximum Gasteiger partial charge on any atom is 0.228 e. The lowest BCUT2D eigenvalue weighted by atomic mass is 10.0. The summed E-state index contributed by atoms with van der Waals surface area (Å²) >= 11 is 0. The first kappa shape index (κ1) is 30.0. The Balaban J connectivity index is 0.000000542. The summed E-state index contributed by atoms with van der Waals surface area (Å²) in [5.41, 5.74) is 5.38. The first-order chi connectivity index (χ1) is 15.7. The second-order valence-electron chi connectivity index (χ2n) is 7.83. The average molecular weight is 456 g/mol. The predicted octanol–water partition coefficient (Wildman–Crippen LogP) is 7.72. The van der Waals surface area contributed by atoms with Gasteiger partial charge in [-0.2, -0.15) is 5.10 Å². The van der Waals surface area contributed by atoms with Crippen LogP contribution < -0.4 is 4.74 Å². The van der Waals surface area contributed by atoms with Crippen LogP contribution in [0.1, 0.15) is 83.1 Å². The molecule has 0 amide bonds. The Morgan fingerprint density at radius 3 is 2.00 bits per heavy atom. The van der Waals surface area contributed by atoms with Crippen molar-refractivity contribution in [1.82, 2.24) is 0 Å². The summed E-state index contributed by atoms with van der Waals surface area (Å²) < 4.78 is 5.51. The minimum Gasteiger partial charge on any atom is -0.442 e. The molecule has 0 aliphatic heterocycles. The number of ether oxygens (including phenoxy) is 1. The monoisotopic (exact) mass is 455 g/mol. The van der Waals surface area contributed by atoms with Crippen molar-refractivity contribution in [1.29, 1.82) is 0 Å². The van der Waals surface area contributed by atoms with Gasteiger partial charge in [0.15, 0.2) is 0 Å². The zero-order valence-corrected chi connectivity index (χ0v) is 21.6. The highest BCUT2D eigenvalue weighted by Crippen LogP contribution is 2.12. The van der Waals surface area contributed by atoms with Gasteiger partial charge in [0, 0.05) is 23.1 Å². The van der Waals surface area contributed by atoms with E-state index in [0.717, 1.165) is 35.4 Å². The summed E-state index contributed by atoms with van der Waals surface area (Å²) in [6.07, 6.45) is 4.52. The third-order valence-electron chi connectivity index (χ3n) is 4.76. The molecule has 2 aromatic carbocycles. The number of nitrogens with zero attached hydrogens (tertiary/aromatic N) is 3. The lowest BCUT2D eigenvalue weighted by molar-refractivity contribution is -0.496. The largest absolute Gasteiger partial charge is 0.442 e. The molecule has 2 aromatic rings. The van der Waals surface area contributed by atoms with E-state index in [1.165, 1.54) is 24.0 Å². The molecule has 0 N–H and O–H groups in total. The van der Waals surface area contributed by atoms with Gasteiger partial charge in [0.1, 0.15) is 5.75 Å². The van der Waals surface area contributed by atoms with Crippen LogP contribution in [0.15, 0.2) is 52.7 Å². The highest BCUT2D eigenvalue weighted by molar-refractivity contribution is 5.83. The Morgan fingerprint density at radius 2 is 1.55 bits per heavy atom. The molecule has 6 nitrogen and oxygen atoms in total. The second-order valence-corrected chi connectivity index (χ2v) is 7.83. The van der Waals surface area contributed by atoms with E-state index in [2.05, 4.69) is 31.0 Å². The van der Waals surface area contributed by atoms with Crippen LogP contribution in [-0.2, 0) is 13.0 Å². The highest BCUT2D eigenvalue weighted by atomic mass is 16.6. The molecule has 0 aromatic heterocycles. The third-order valence-corrected chi connectivity index (χ3v) is 4.76. The van der Waals surface area contributed by atoms with Gasteiger partial charge < -0.3 is 4.74 Å². The normalized spacial score (nSPS) is 11.0. The molecule has 2 rings (SSSR count). The number of hydrogen-bond acceptors (Lipinski definition) is 5. The van der Waals surface area contributed by atoms with Crippen LogP contribution in [0.5, 0.6) is 5.75 Å². The summed E-state index contributed by atoms with van der Waals surface area (Å²) in [6.45, 7) is 16.2. The Bertz CT molecular complexity index is 886. The van der Waals surface area contributed by atoms with Crippen molar-refractivity contribution in [2.24, 2.45) is 10.2 Å². The van der Waals surface area contributed by atoms with Crippen molar-refractivity contribution in [2.45, 2.75) is 87.6 Å². The predicted molar refractivity (Wildman–Crippen MR) is 140 cm³/mol. The van der Waals surface area contributed by atoms with Crippen LogP contribution in [0.2, 0.25) is 0 Å². The second kappa shape index (κ2) is 17.5. The van der Waals surface area contributed by atoms with Gasteiger partial charge in [-0.15, -0.1) is 5.10 Å². The van der Waals surface area contributed by atoms with E-state index in [-0.39, 0.29) is 11.5 Å². The smallest absolute Gasteiger partial charge is 0.228 e. The topological polar surface area (TPSA) is 77.1 Å². The van der Waals surface area contributed by atoms with Gasteiger partial charge in [0.2, 0.25) is 12.4 Å². The Kier molecular flexibility index (Phi) is 15.9. The van der Waals surface area contributed by atoms with E-state index >= 15 is 0 Å². The molecule has 0 bridgehead atoms. The fourth-order valence-corrected chi connectivity index (χ4v) is 2.43. The zero-order valence-electron chi connectivity index (χ0n) is 21.6. The minimum atomic E-state index is -0.305. The van der Waals surface area contributed by atoms with Gasteiger partial charge in [0.05, 0.1) is 0 Å². The quantitative estimate of drug-likeness (QED) is 0.185. The van der Waals surface area contributed by atoms with Crippen LogP contribution in [0, 0.1) is 24.0 Å². The summed E-state index contributed by atoms with van der Waals surface area (Å²) in [6, 6.07) is 13.5. The first-order valence-corrected chi connectivity index (χ1v) is 11.7. The molecule has 0 radical (unpaired) electrons. The molecule has 33 heavy (non-hydrogen) atoms. The molecule has 6 heteroatoms. The number of hydrogen-bond donors (Lipinski definition) is 0. The van der Waals surface area contributed by atoms with E-state index in [0.29, 0.717) is 5.90 Å². The number of unbranched alkanes of at least 4 members (excludes halogenated alkanes) is 1. The Morgan fingerprint density at radius 1 is 0.939 bits per heavy atom. The highest BCUT2D eigenvalue weighted by Gasteiger charge is 2.03. The summed E-state index contributed by atoms with van der Waals surface area (Å²) in [5.74, 6) is 1.34. The maximum absolute atomic E-state index is 10.2. The molecule has 0 aliphatic carbocycles. The fourth-order valence-electron chi connectivity index (χ4n) is 2.43. The van der Waals surface area contributed by atoms with Gasteiger partial charge in [0.25, 0.3) is 0 Å². The van der Waals surface area contributed by atoms with Crippen molar-refractivity contribution < 1.29 is 9.66 Å². The first-order valence-electron chi connectivity index (χ1n) is 11.7. The number of benzene rings is 2. The van der Waals surface area contributed by atoms with Crippen molar-refractivity contribution in [3.63, 3.8) is 0 Å². The summed E-state index contributed by atoms with van der Waals surface area (Å²) in [4.78, 5) is 9.93. The molecule has 182 valence electrons. The van der Waals surface area contributed by atoms with E-state index < -0.39 is 0 Å². The molecule has 0 heterocycles. The molecule has 0 unspecified atom stereocenters. The summed E-state index contributed by atoms with van der Waals surface area (Å²) in [7, 11) is 0. The van der Waals surface area contributed by atoms with E-state index in [4.69, 9.17) is 4.74 Å². The maximum atomic E-state index is 10.2. The fraction of sp³-hybridized carbons (Fsp3) is 0.481. The van der Waals surface area contributed by atoms with Crippen molar-refractivity contribution >= 4 is 11.6 Å². The number of aryl methyl sites for hydroxylation is 3. The van der Waals surface area contributed by atoms with E-state index in [1.807, 2.05) is 70.2 Å². The van der Waals surface area contributed by atoms with Crippen molar-refractivity contribution in [3.8, 4) is 5.75 Å². The summed E-state index contributed by atoms with van der Waals surface area (Å²) in [5, 5.41) is 18.3. The molecule has 0 atom stereocenters. The van der Waals surface area contributed by atoms with Crippen LogP contribution in [-0.4, -0.2) is 16.5 Å². The van der Waals surface area contributed by atoms with Gasteiger partial charge in [-0.3, -0.25) is 10.1 Å². The molecule has 0 saturated heterocycles. The van der Waals surface area contributed by atoms with Crippen LogP contribution >= 0.6 is 0 Å². The Labute approximate surface area is 200 Å². The van der Waals surface area contributed by atoms with Crippen molar-refractivity contribution in [2.75, 3.05) is 0 Å². The van der Waals surface area contributed by atoms with Crippen molar-refractivity contribution in [3.05, 3.63) is 74.8 Å². The van der Waals surface area contributed by atoms with Crippen LogP contribution in [0.3, 0.4) is 0 Å². The minimum absolute atomic E-state index is 0.0785. The lowest BCUT2D eigenvalue weighted by Gasteiger charge is -2.03. The van der Waals surface area contributed by atoms with Crippen LogP contribution in [0.4, 0.5) is 0 Å². The number of rotatable bonds is 7. The lowest BCUT2D eigenvalue weighted by Crippen LogP contribution is -2.02. The van der Waals surface area contributed by atoms with Crippen LogP contribution in [0.25, 0.3) is 0 Å². The molecule has 0 spiro atoms. The SMILES string of the molecule is CC/C(C)=N/N=C(\C)Oc1ccc(C)cc1.CCCC.CCc1ccc(C[N+](=O)[O-])cc1C. The molecule has 0 fully saturated rings. The third kappa shape index (κ3) is 14.6. The zero-order chi connectivity index (χ0) is 25.2. The molecular formula is C27H41N3O3. The molecule has 0 aliphatic rings. The van der Waals surface area contributed by atoms with Gasteiger partial charge in [-0.1, -0.05) is 70.4 Å². The average Bonchev–Trinajstić information content (AvgIpc) is 2.79. The molecule has 0 saturated carbocycles. The van der Waals surface area contributed by atoms with E-state index in [9.17, 15) is 10.1 Å². The van der Waals surface area contributed by atoms with E-state index in [1.54, 1.807) is 6.92 Å². The number of nitro groups is 1. The molecular weight excluding hydrogens is 414 g/mol. The Hall–Kier alpha value is -3.02. The van der Waals surface area contributed by atoms with Gasteiger partial charge >= 0.3 is 0 Å². The van der Waals surface area contributed by atoms with Gasteiger partial charge in [-0.25, -0.2) is 0 Å². The van der Waals surface area contributed by atoms with Gasteiger partial charge in [-0.05, 0) is 62.9 Å².